The average molecular weight is 263 g/mol. The number of nitrogens with zero attached hydrogens (tertiary/aromatic N) is 3. The van der Waals surface area contributed by atoms with Crippen LogP contribution in [-0.2, 0) is 4.74 Å². The number of hydrogen-bond donors (Lipinski definition) is 0. The van der Waals surface area contributed by atoms with Crippen LogP contribution in [0.1, 0.15) is 0 Å². The van der Waals surface area contributed by atoms with Crippen molar-refractivity contribution in [3.05, 3.63) is 48.8 Å². The highest BCUT2D eigenvalue weighted by molar-refractivity contribution is 5.93. The van der Waals surface area contributed by atoms with Gasteiger partial charge in [-0.15, -0.1) is 0 Å². The number of hydrogen-bond acceptors (Lipinski definition) is 3. The first-order valence-corrected chi connectivity index (χ1v) is 5.76. The molecule has 0 bridgehead atoms. The Balaban J connectivity index is 2.25. The molecule has 5 nitrogen and oxygen atoms in total. The smallest absolute Gasteiger partial charge is 0.333 e. The maximum absolute atomic E-state index is 12.9. The van der Waals surface area contributed by atoms with Gasteiger partial charge in [-0.05, 0) is 24.3 Å². The van der Waals surface area contributed by atoms with E-state index in [9.17, 15) is 9.18 Å². The van der Waals surface area contributed by atoms with Gasteiger partial charge in [0.2, 0.25) is 0 Å². The molecule has 2 aromatic rings. The normalized spacial score (nSPS) is 10.4. The molecule has 100 valence electrons. The van der Waals surface area contributed by atoms with Gasteiger partial charge >= 0.3 is 6.03 Å². The molecule has 0 radical (unpaired) electrons. The third-order valence-electron chi connectivity index (χ3n) is 2.61. The summed E-state index contributed by atoms with van der Waals surface area (Å²) in [5, 5.41) is 0. The Labute approximate surface area is 110 Å². The van der Waals surface area contributed by atoms with E-state index in [0.29, 0.717) is 18.8 Å². The molecule has 0 unspecified atom stereocenters. The van der Waals surface area contributed by atoms with E-state index in [-0.39, 0.29) is 11.8 Å². The number of amides is 1. The third-order valence-corrected chi connectivity index (χ3v) is 2.61. The van der Waals surface area contributed by atoms with Gasteiger partial charge in [0.15, 0.2) is 0 Å². The number of carbonyl (C=O) groups excluding carboxylic acids is 1. The first-order chi connectivity index (χ1) is 9.22. The van der Waals surface area contributed by atoms with Crippen LogP contribution < -0.4 is 4.90 Å². The molecule has 6 heteroatoms. The van der Waals surface area contributed by atoms with Gasteiger partial charge in [-0.3, -0.25) is 9.47 Å². The van der Waals surface area contributed by atoms with Crippen LogP contribution in [0.3, 0.4) is 0 Å². The van der Waals surface area contributed by atoms with Crippen molar-refractivity contribution in [3.63, 3.8) is 0 Å². The number of rotatable bonds is 4. The minimum atomic E-state index is -0.342. The standard InChI is InChI=1S/C13H14FN3O2/c1-19-9-8-17(12-4-2-11(14)3-5-12)13(18)16-7-6-15-10-16/h2-7,10H,8-9H2,1H3. The fourth-order valence-electron chi connectivity index (χ4n) is 1.65. The zero-order valence-corrected chi connectivity index (χ0v) is 10.5. The van der Waals surface area contributed by atoms with Crippen LogP contribution >= 0.6 is 0 Å². The molecule has 0 N–H and O–H groups in total. The Morgan fingerprint density at radius 3 is 2.74 bits per heavy atom. The average Bonchev–Trinajstić information content (AvgIpc) is 2.95. The van der Waals surface area contributed by atoms with E-state index in [4.69, 9.17) is 4.74 Å². The molecule has 1 amide bonds. The molecule has 0 spiro atoms. The predicted molar refractivity (Wildman–Crippen MR) is 68.6 cm³/mol. The third kappa shape index (κ3) is 3.17. The number of ether oxygens (including phenoxy) is 1. The first kappa shape index (κ1) is 13.2. The molecule has 19 heavy (non-hydrogen) atoms. The quantitative estimate of drug-likeness (QED) is 0.849. The van der Waals surface area contributed by atoms with Gasteiger partial charge in [0, 0.05) is 25.2 Å². The van der Waals surface area contributed by atoms with Crippen LogP contribution in [0.4, 0.5) is 14.9 Å². The van der Waals surface area contributed by atoms with E-state index in [2.05, 4.69) is 4.98 Å². The Bertz CT molecular complexity index is 525. The summed E-state index contributed by atoms with van der Waals surface area (Å²) < 4.78 is 19.3. The number of benzene rings is 1. The van der Waals surface area contributed by atoms with Gasteiger partial charge < -0.3 is 4.74 Å². The van der Waals surface area contributed by atoms with E-state index in [1.165, 1.54) is 34.1 Å². The summed E-state index contributed by atoms with van der Waals surface area (Å²) in [5.41, 5.74) is 0.608. The van der Waals surface area contributed by atoms with Gasteiger partial charge in [-0.25, -0.2) is 14.2 Å². The lowest BCUT2D eigenvalue weighted by atomic mass is 10.3. The molecule has 0 aliphatic rings. The van der Waals surface area contributed by atoms with Gasteiger partial charge in [0.25, 0.3) is 0 Å². The molecule has 0 atom stereocenters. The van der Waals surface area contributed by atoms with Gasteiger partial charge in [-0.1, -0.05) is 0 Å². The lowest BCUT2D eigenvalue weighted by Gasteiger charge is -2.22. The summed E-state index contributed by atoms with van der Waals surface area (Å²) in [6, 6.07) is 5.48. The van der Waals surface area contributed by atoms with Crippen molar-refractivity contribution in [2.75, 3.05) is 25.2 Å². The van der Waals surface area contributed by atoms with E-state index in [0.717, 1.165) is 0 Å². The summed E-state index contributed by atoms with van der Waals surface area (Å²) in [6.45, 7) is 0.761. The highest BCUT2D eigenvalue weighted by Gasteiger charge is 2.16. The number of carbonyl (C=O) groups is 1. The second kappa shape index (κ2) is 6.10. The maximum Gasteiger partial charge on any atom is 0.333 e. The summed E-state index contributed by atoms with van der Waals surface area (Å²) in [7, 11) is 1.56. The van der Waals surface area contributed by atoms with E-state index in [1.54, 1.807) is 25.4 Å². The number of halogens is 1. The number of methoxy groups -OCH3 is 1. The van der Waals surface area contributed by atoms with Crippen molar-refractivity contribution < 1.29 is 13.9 Å². The van der Waals surface area contributed by atoms with Crippen LogP contribution in [0, 0.1) is 5.82 Å². The highest BCUT2D eigenvalue weighted by atomic mass is 19.1. The zero-order chi connectivity index (χ0) is 13.7. The predicted octanol–water partition coefficient (Wildman–Crippen LogP) is 2.14. The number of aromatic nitrogens is 2. The van der Waals surface area contributed by atoms with Gasteiger partial charge in [0.1, 0.15) is 12.1 Å². The molecular weight excluding hydrogens is 249 g/mol. The van der Waals surface area contributed by atoms with Crippen LogP contribution in [0.25, 0.3) is 0 Å². The monoisotopic (exact) mass is 263 g/mol. The second-order valence-electron chi connectivity index (χ2n) is 3.87. The molecule has 1 heterocycles. The van der Waals surface area contributed by atoms with E-state index in [1.807, 2.05) is 0 Å². The summed E-state index contributed by atoms with van der Waals surface area (Å²) >= 11 is 0. The minimum Gasteiger partial charge on any atom is -0.383 e. The molecule has 0 aliphatic heterocycles. The number of anilines is 1. The fourth-order valence-corrected chi connectivity index (χ4v) is 1.65. The molecule has 0 saturated carbocycles. The van der Waals surface area contributed by atoms with Crippen LogP contribution in [0.2, 0.25) is 0 Å². The maximum atomic E-state index is 12.9. The summed E-state index contributed by atoms with van der Waals surface area (Å²) in [6.07, 6.45) is 4.51. The van der Waals surface area contributed by atoms with E-state index < -0.39 is 0 Å². The van der Waals surface area contributed by atoms with Crippen LogP contribution in [0.5, 0.6) is 0 Å². The molecule has 1 aromatic carbocycles. The van der Waals surface area contributed by atoms with Gasteiger partial charge in [0.05, 0.1) is 13.2 Å². The Morgan fingerprint density at radius 1 is 1.42 bits per heavy atom. The van der Waals surface area contributed by atoms with Crippen molar-refractivity contribution in [2.24, 2.45) is 0 Å². The van der Waals surface area contributed by atoms with Crippen molar-refractivity contribution in [3.8, 4) is 0 Å². The van der Waals surface area contributed by atoms with Crippen molar-refractivity contribution >= 4 is 11.7 Å². The van der Waals surface area contributed by atoms with Crippen LogP contribution in [0.15, 0.2) is 43.0 Å². The minimum absolute atomic E-state index is 0.263. The Hall–Kier alpha value is -2.21. The SMILES string of the molecule is COCCN(C(=O)n1ccnc1)c1ccc(F)cc1. The highest BCUT2D eigenvalue weighted by Crippen LogP contribution is 2.16. The largest absolute Gasteiger partial charge is 0.383 e. The van der Waals surface area contributed by atoms with Crippen LogP contribution in [-0.4, -0.2) is 35.8 Å². The molecule has 2 rings (SSSR count). The summed E-state index contributed by atoms with van der Waals surface area (Å²) in [5.74, 6) is -0.342. The number of imidazole rings is 1. The lowest BCUT2D eigenvalue weighted by Crippen LogP contribution is -2.36. The Morgan fingerprint density at radius 2 is 2.16 bits per heavy atom. The topological polar surface area (TPSA) is 47.4 Å². The van der Waals surface area contributed by atoms with E-state index >= 15 is 0 Å². The molecule has 0 fully saturated rings. The molecule has 0 saturated heterocycles. The zero-order valence-electron chi connectivity index (χ0n) is 10.5. The van der Waals surface area contributed by atoms with Crippen molar-refractivity contribution in [1.29, 1.82) is 0 Å². The second-order valence-corrected chi connectivity index (χ2v) is 3.87. The lowest BCUT2D eigenvalue weighted by molar-refractivity contribution is 0.202. The fraction of sp³-hybridized carbons (Fsp3) is 0.231. The molecular formula is C13H14FN3O2. The molecule has 1 aromatic heterocycles. The van der Waals surface area contributed by atoms with Crippen molar-refractivity contribution in [1.82, 2.24) is 9.55 Å². The van der Waals surface area contributed by atoms with Gasteiger partial charge in [-0.2, -0.15) is 0 Å². The summed E-state index contributed by atoms with van der Waals surface area (Å²) in [4.78, 5) is 17.6. The molecule has 0 aliphatic carbocycles. The van der Waals surface area contributed by atoms with Crippen molar-refractivity contribution in [2.45, 2.75) is 0 Å². The first-order valence-electron chi connectivity index (χ1n) is 5.76. The Kier molecular flexibility index (Phi) is 4.25.